The van der Waals surface area contributed by atoms with E-state index >= 15 is 0 Å². The minimum Gasteiger partial charge on any atom is -0.340 e. The minimum atomic E-state index is -0.236. The van der Waals surface area contributed by atoms with Gasteiger partial charge in [0, 0.05) is 32.6 Å². The molecule has 0 N–H and O–H groups in total. The van der Waals surface area contributed by atoms with Crippen LogP contribution in [0.3, 0.4) is 0 Å². The number of nitrogens with zero attached hydrogens (tertiary/aromatic N) is 2. The van der Waals surface area contributed by atoms with Gasteiger partial charge in [-0.1, -0.05) is 61.5 Å². The van der Waals surface area contributed by atoms with E-state index in [9.17, 15) is 9.59 Å². The highest BCUT2D eigenvalue weighted by Crippen LogP contribution is 2.26. The monoisotopic (exact) mass is 390 g/mol. The summed E-state index contributed by atoms with van der Waals surface area (Å²) in [6.07, 6.45) is 2.84. The molecule has 0 saturated carbocycles. The van der Waals surface area contributed by atoms with Crippen molar-refractivity contribution in [3.63, 3.8) is 0 Å². The van der Waals surface area contributed by atoms with Crippen LogP contribution < -0.4 is 0 Å². The lowest BCUT2D eigenvalue weighted by Crippen LogP contribution is -2.37. The Balaban J connectivity index is 1.86. The predicted molar refractivity (Wildman–Crippen MR) is 117 cm³/mol. The fourth-order valence-electron chi connectivity index (χ4n) is 4.03. The van der Waals surface area contributed by atoms with E-state index in [1.54, 1.807) is 6.08 Å². The summed E-state index contributed by atoms with van der Waals surface area (Å²) in [5.74, 6) is -0.0189. The lowest BCUT2D eigenvalue weighted by molar-refractivity contribution is -0.134. The SMILES string of the molecule is C=CCN1CCN(C(=O)CC)CC(Cc2cccc(-c3ccccc3C)c2)C1=O. The molecule has 152 valence electrons. The van der Waals surface area contributed by atoms with Crippen LogP contribution in [-0.2, 0) is 16.0 Å². The highest BCUT2D eigenvalue weighted by Gasteiger charge is 2.31. The van der Waals surface area contributed by atoms with Crippen LogP contribution in [-0.4, -0.2) is 47.8 Å². The molecule has 1 atom stereocenters. The van der Waals surface area contributed by atoms with Gasteiger partial charge in [0.2, 0.25) is 11.8 Å². The van der Waals surface area contributed by atoms with E-state index in [1.807, 2.05) is 28.9 Å². The second-order valence-corrected chi connectivity index (χ2v) is 7.68. The third kappa shape index (κ3) is 4.94. The van der Waals surface area contributed by atoms with Crippen LogP contribution >= 0.6 is 0 Å². The first-order chi connectivity index (χ1) is 14.0. The van der Waals surface area contributed by atoms with Crippen molar-refractivity contribution in [2.24, 2.45) is 5.92 Å². The summed E-state index contributed by atoms with van der Waals surface area (Å²) in [5, 5.41) is 0. The Bertz CT molecular complexity index is 890. The molecule has 4 nitrogen and oxygen atoms in total. The summed E-state index contributed by atoms with van der Waals surface area (Å²) in [5.41, 5.74) is 4.71. The highest BCUT2D eigenvalue weighted by molar-refractivity contribution is 5.82. The molecular weight excluding hydrogens is 360 g/mol. The fraction of sp³-hybridized carbons (Fsp3) is 0.360. The van der Waals surface area contributed by atoms with E-state index < -0.39 is 0 Å². The fourth-order valence-corrected chi connectivity index (χ4v) is 4.03. The second kappa shape index (κ2) is 9.55. The van der Waals surface area contributed by atoms with Gasteiger partial charge in [0.05, 0.1) is 5.92 Å². The van der Waals surface area contributed by atoms with Crippen molar-refractivity contribution in [2.75, 3.05) is 26.2 Å². The van der Waals surface area contributed by atoms with E-state index in [4.69, 9.17) is 0 Å². The number of rotatable bonds is 6. The van der Waals surface area contributed by atoms with Gasteiger partial charge in [0.15, 0.2) is 0 Å². The van der Waals surface area contributed by atoms with E-state index in [1.165, 1.54) is 11.1 Å². The van der Waals surface area contributed by atoms with Gasteiger partial charge in [-0.05, 0) is 35.6 Å². The van der Waals surface area contributed by atoms with Gasteiger partial charge in [-0.25, -0.2) is 0 Å². The van der Waals surface area contributed by atoms with Gasteiger partial charge in [-0.2, -0.15) is 0 Å². The van der Waals surface area contributed by atoms with Crippen LogP contribution in [0.5, 0.6) is 0 Å². The molecule has 0 radical (unpaired) electrons. The molecule has 1 saturated heterocycles. The third-order valence-electron chi connectivity index (χ3n) is 5.61. The number of amides is 2. The second-order valence-electron chi connectivity index (χ2n) is 7.68. The molecule has 1 unspecified atom stereocenters. The highest BCUT2D eigenvalue weighted by atomic mass is 16.2. The molecule has 0 bridgehead atoms. The Morgan fingerprint density at radius 1 is 1.17 bits per heavy atom. The summed E-state index contributed by atoms with van der Waals surface area (Å²) in [6, 6.07) is 16.7. The minimum absolute atomic E-state index is 0.108. The van der Waals surface area contributed by atoms with Crippen LogP contribution in [0.25, 0.3) is 11.1 Å². The van der Waals surface area contributed by atoms with Crippen molar-refractivity contribution in [1.82, 2.24) is 9.80 Å². The van der Waals surface area contributed by atoms with E-state index in [-0.39, 0.29) is 17.7 Å². The Labute approximate surface area is 173 Å². The number of aryl methyl sites for hydroxylation is 1. The molecule has 3 rings (SSSR count). The van der Waals surface area contributed by atoms with Crippen LogP contribution in [0.1, 0.15) is 24.5 Å². The maximum absolute atomic E-state index is 13.1. The molecule has 1 aliphatic rings. The Morgan fingerprint density at radius 3 is 2.69 bits per heavy atom. The van der Waals surface area contributed by atoms with Crippen LogP contribution in [0.15, 0.2) is 61.2 Å². The van der Waals surface area contributed by atoms with Crippen molar-refractivity contribution >= 4 is 11.8 Å². The van der Waals surface area contributed by atoms with E-state index in [2.05, 4.69) is 49.9 Å². The van der Waals surface area contributed by atoms with Gasteiger partial charge in [0.1, 0.15) is 0 Å². The van der Waals surface area contributed by atoms with E-state index in [0.29, 0.717) is 39.0 Å². The molecule has 2 amide bonds. The lowest BCUT2D eigenvalue weighted by atomic mass is 9.93. The summed E-state index contributed by atoms with van der Waals surface area (Å²) < 4.78 is 0. The lowest BCUT2D eigenvalue weighted by Gasteiger charge is -2.23. The maximum atomic E-state index is 13.1. The number of carbonyl (C=O) groups excluding carboxylic acids is 2. The zero-order valence-electron chi connectivity index (χ0n) is 17.4. The van der Waals surface area contributed by atoms with Gasteiger partial charge < -0.3 is 9.80 Å². The molecule has 0 aliphatic carbocycles. The topological polar surface area (TPSA) is 40.6 Å². The molecule has 2 aromatic carbocycles. The largest absolute Gasteiger partial charge is 0.340 e. The quantitative estimate of drug-likeness (QED) is 0.697. The first kappa shape index (κ1) is 20.8. The molecule has 0 aromatic heterocycles. The first-order valence-electron chi connectivity index (χ1n) is 10.4. The average molecular weight is 391 g/mol. The predicted octanol–water partition coefficient (Wildman–Crippen LogP) is 4.09. The summed E-state index contributed by atoms with van der Waals surface area (Å²) in [7, 11) is 0. The normalized spacial score (nSPS) is 17.2. The molecule has 2 aromatic rings. The molecule has 1 fully saturated rings. The molecule has 29 heavy (non-hydrogen) atoms. The number of benzene rings is 2. The summed E-state index contributed by atoms with van der Waals surface area (Å²) in [4.78, 5) is 29.2. The smallest absolute Gasteiger partial charge is 0.228 e. The Morgan fingerprint density at radius 2 is 1.97 bits per heavy atom. The van der Waals surface area contributed by atoms with Gasteiger partial charge in [-0.3, -0.25) is 9.59 Å². The maximum Gasteiger partial charge on any atom is 0.228 e. The van der Waals surface area contributed by atoms with Crippen LogP contribution in [0, 0.1) is 12.8 Å². The number of hydrogen-bond donors (Lipinski definition) is 0. The molecule has 1 heterocycles. The Kier molecular flexibility index (Phi) is 6.86. The van der Waals surface area contributed by atoms with Gasteiger partial charge in [0.25, 0.3) is 0 Å². The zero-order chi connectivity index (χ0) is 20.8. The summed E-state index contributed by atoms with van der Waals surface area (Å²) in [6.45, 7) is 9.92. The third-order valence-corrected chi connectivity index (χ3v) is 5.61. The first-order valence-corrected chi connectivity index (χ1v) is 10.4. The van der Waals surface area contributed by atoms with Crippen LogP contribution in [0.2, 0.25) is 0 Å². The van der Waals surface area contributed by atoms with Crippen LogP contribution in [0.4, 0.5) is 0 Å². The number of carbonyl (C=O) groups is 2. The number of hydrogen-bond acceptors (Lipinski definition) is 2. The van der Waals surface area contributed by atoms with Crippen molar-refractivity contribution in [3.8, 4) is 11.1 Å². The zero-order valence-corrected chi connectivity index (χ0v) is 17.4. The average Bonchev–Trinajstić information content (AvgIpc) is 2.88. The van der Waals surface area contributed by atoms with Crippen molar-refractivity contribution < 1.29 is 9.59 Å². The summed E-state index contributed by atoms with van der Waals surface area (Å²) >= 11 is 0. The Hall–Kier alpha value is -2.88. The van der Waals surface area contributed by atoms with Crippen molar-refractivity contribution in [2.45, 2.75) is 26.7 Å². The standard InChI is InChI=1S/C25H30N2O2/c1-4-13-26-14-15-27(24(28)5-2)18-22(25(26)29)17-20-10-8-11-21(16-20)23-12-7-6-9-19(23)3/h4,6-12,16,22H,1,5,13-15,17-18H2,2-3H3. The van der Waals surface area contributed by atoms with Crippen molar-refractivity contribution in [1.29, 1.82) is 0 Å². The van der Waals surface area contributed by atoms with Gasteiger partial charge >= 0.3 is 0 Å². The van der Waals surface area contributed by atoms with E-state index in [0.717, 1.165) is 11.1 Å². The van der Waals surface area contributed by atoms with Gasteiger partial charge in [-0.15, -0.1) is 6.58 Å². The van der Waals surface area contributed by atoms with Crippen molar-refractivity contribution in [3.05, 3.63) is 72.3 Å². The molecule has 0 spiro atoms. The molecular formula is C25H30N2O2. The molecule has 4 heteroatoms. The molecule has 1 aliphatic heterocycles.